The van der Waals surface area contributed by atoms with Crippen molar-refractivity contribution in [2.45, 2.75) is 225 Å². The molecular formula is C41H79NO3. The van der Waals surface area contributed by atoms with E-state index in [4.69, 9.17) is 0 Å². The van der Waals surface area contributed by atoms with Crippen LogP contribution in [0.15, 0.2) is 24.3 Å². The Bertz CT molecular complexity index is 647. The summed E-state index contributed by atoms with van der Waals surface area (Å²) in [5, 5.41) is 22.1. The molecule has 0 saturated heterocycles. The fraction of sp³-hybridized carbons (Fsp3) is 0.878. The minimum absolute atomic E-state index is 0.161. The molecule has 0 spiro atoms. The van der Waals surface area contributed by atoms with Crippen molar-refractivity contribution in [3.63, 3.8) is 0 Å². The Labute approximate surface area is 281 Å². The van der Waals surface area contributed by atoms with E-state index in [9.17, 15) is 15.0 Å². The van der Waals surface area contributed by atoms with Crippen LogP contribution in [0.5, 0.6) is 0 Å². The zero-order valence-electron chi connectivity index (χ0n) is 30.4. The summed E-state index contributed by atoms with van der Waals surface area (Å²) < 4.78 is 0. The molecule has 0 aromatic rings. The van der Waals surface area contributed by atoms with Crippen LogP contribution < -0.4 is 5.32 Å². The minimum Gasteiger partial charge on any atom is -0.394 e. The monoisotopic (exact) mass is 634 g/mol. The third-order valence-electron chi connectivity index (χ3n) is 9.25. The lowest BCUT2D eigenvalue weighted by Gasteiger charge is -2.19. The first-order valence-corrected chi connectivity index (χ1v) is 20.1. The Morgan fingerprint density at radius 3 is 1.20 bits per heavy atom. The van der Waals surface area contributed by atoms with Crippen LogP contribution in [0.1, 0.15) is 213 Å². The molecule has 4 heteroatoms. The Morgan fingerprint density at radius 2 is 0.844 bits per heavy atom. The van der Waals surface area contributed by atoms with Crippen LogP contribution in [0, 0.1) is 0 Å². The van der Waals surface area contributed by atoms with Crippen LogP contribution in [0.3, 0.4) is 0 Å². The summed E-state index contributed by atoms with van der Waals surface area (Å²) in [6.45, 7) is 3.79. The lowest BCUT2D eigenvalue weighted by Crippen LogP contribution is -2.44. The quantitative estimate of drug-likeness (QED) is 0.0475. The molecule has 3 N–H and O–H groups in total. The van der Waals surface area contributed by atoms with E-state index in [1.165, 1.54) is 173 Å². The van der Waals surface area contributed by atoms with E-state index in [0.29, 0.717) is 6.42 Å². The highest BCUT2D eigenvalue weighted by Gasteiger charge is 2.17. The highest BCUT2D eigenvalue weighted by molar-refractivity contribution is 5.75. The summed E-state index contributed by atoms with van der Waals surface area (Å²) >= 11 is 0. The summed E-state index contributed by atoms with van der Waals surface area (Å²) in [6, 6.07) is -0.632. The van der Waals surface area contributed by atoms with Gasteiger partial charge < -0.3 is 15.5 Å². The molecule has 266 valence electrons. The predicted octanol–water partition coefficient (Wildman–Crippen LogP) is 12.1. The van der Waals surface area contributed by atoms with Crippen LogP contribution in [0.25, 0.3) is 0 Å². The van der Waals surface area contributed by atoms with E-state index in [2.05, 4.69) is 24.4 Å². The number of rotatable bonds is 36. The van der Waals surface area contributed by atoms with Gasteiger partial charge in [0.25, 0.3) is 0 Å². The van der Waals surface area contributed by atoms with Crippen LogP contribution in [-0.2, 0) is 4.79 Å². The molecule has 0 aliphatic rings. The van der Waals surface area contributed by atoms with Gasteiger partial charge in [0.15, 0.2) is 0 Å². The summed E-state index contributed by atoms with van der Waals surface area (Å²) in [6.07, 6.45) is 49.3. The number of aliphatic hydroxyl groups is 2. The molecule has 0 heterocycles. The van der Waals surface area contributed by atoms with E-state index in [1.807, 2.05) is 6.08 Å². The van der Waals surface area contributed by atoms with Gasteiger partial charge in [0.1, 0.15) is 0 Å². The first-order chi connectivity index (χ1) is 22.2. The normalized spacial score (nSPS) is 13.2. The number of hydrogen-bond donors (Lipinski definition) is 3. The second kappa shape index (κ2) is 37.3. The minimum atomic E-state index is -0.854. The zero-order chi connectivity index (χ0) is 32.9. The van der Waals surface area contributed by atoms with Crippen LogP contribution in [-0.4, -0.2) is 34.9 Å². The van der Waals surface area contributed by atoms with Crippen LogP contribution >= 0.6 is 0 Å². The summed E-state index contributed by atoms with van der Waals surface area (Å²) in [4.78, 5) is 11.4. The molecule has 45 heavy (non-hydrogen) atoms. The van der Waals surface area contributed by atoms with Gasteiger partial charge in [-0.15, -0.1) is 0 Å². The fourth-order valence-electron chi connectivity index (χ4n) is 6.10. The molecule has 0 rings (SSSR count). The van der Waals surface area contributed by atoms with Crippen molar-refractivity contribution >= 4 is 5.91 Å². The Kier molecular flexibility index (Phi) is 36.4. The van der Waals surface area contributed by atoms with E-state index < -0.39 is 12.1 Å². The average molecular weight is 634 g/mol. The van der Waals surface area contributed by atoms with Crippen molar-refractivity contribution in [1.82, 2.24) is 5.32 Å². The van der Waals surface area contributed by atoms with Crippen molar-refractivity contribution in [3.05, 3.63) is 24.3 Å². The predicted molar refractivity (Wildman–Crippen MR) is 198 cm³/mol. The van der Waals surface area contributed by atoms with Gasteiger partial charge in [-0.1, -0.05) is 205 Å². The molecule has 0 bridgehead atoms. The molecule has 0 aliphatic carbocycles. The van der Waals surface area contributed by atoms with Gasteiger partial charge in [0.2, 0.25) is 5.91 Å². The Balaban J connectivity index is 3.27. The first kappa shape index (κ1) is 43.9. The highest BCUT2D eigenvalue weighted by Crippen LogP contribution is 2.16. The van der Waals surface area contributed by atoms with Gasteiger partial charge in [-0.05, 0) is 25.7 Å². The molecule has 1 amide bonds. The third kappa shape index (κ3) is 34.0. The number of amides is 1. The second-order valence-corrected chi connectivity index (χ2v) is 13.7. The molecule has 0 fully saturated rings. The SMILES string of the molecule is CCCCCCCCCCCCCCCCCCCCCCCCCCCCC/C=C/CC/C=C/C(O)C(CO)NC(=O)CC. The molecule has 2 atom stereocenters. The molecule has 2 unspecified atom stereocenters. The third-order valence-corrected chi connectivity index (χ3v) is 9.25. The Morgan fingerprint density at radius 1 is 0.511 bits per heavy atom. The fourth-order valence-corrected chi connectivity index (χ4v) is 6.10. The maximum absolute atomic E-state index is 11.4. The second-order valence-electron chi connectivity index (χ2n) is 13.7. The number of allylic oxidation sites excluding steroid dienone is 3. The van der Waals surface area contributed by atoms with Gasteiger partial charge in [-0.2, -0.15) is 0 Å². The van der Waals surface area contributed by atoms with Gasteiger partial charge >= 0.3 is 0 Å². The number of hydrogen-bond acceptors (Lipinski definition) is 3. The number of carbonyl (C=O) groups excluding carboxylic acids is 1. The molecule has 0 saturated carbocycles. The number of aliphatic hydroxyl groups excluding tert-OH is 2. The average Bonchev–Trinajstić information content (AvgIpc) is 3.05. The molecule has 0 radical (unpaired) electrons. The lowest BCUT2D eigenvalue weighted by atomic mass is 10.0. The lowest BCUT2D eigenvalue weighted by molar-refractivity contribution is -0.122. The summed E-state index contributed by atoms with van der Waals surface area (Å²) in [5.41, 5.74) is 0. The van der Waals surface area contributed by atoms with Gasteiger partial charge in [-0.3, -0.25) is 4.79 Å². The largest absolute Gasteiger partial charge is 0.394 e. The molecule has 0 aromatic heterocycles. The summed E-state index contributed by atoms with van der Waals surface area (Å²) in [5.74, 6) is -0.161. The topological polar surface area (TPSA) is 69.6 Å². The Hall–Kier alpha value is -1.13. The first-order valence-electron chi connectivity index (χ1n) is 20.1. The van der Waals surface area contributed by atoms with E-state index in [1.54, 1.807) is 13.0 Å². The molecule has 0 aromatic carbocycles. The van der Waals surface area contributed by atoms with Gasteiger partial charge in [0, 0.05) is 6.42 Å². The van der Waals surface area contributed by atoms with Crippen LogP contribution in [0.2, 0.25) is 0 Å². The van der Waals surface area contributed by atoms with Crippen LogP contribution in [0.4, 0.5) is 0 Å². The maximum atomic E-state index is 11.4. The molecular weight excluding hydrogens is 554 g/mol. The van der Waals surface area contributed by atoms with Gasteiger partial charge in [0.05, 0.1) is 18.8 Å². The van der Waals surface area contributed by atoms with E-state index in [0.717, 1.165) is 19.3 Å². The van der Waals surface area contributed by atoms with Crippen molar-refractivity contribution in [2.75, 3.05) is 6.61 Å². The highest BCUT2D eigenvalue weighted by atomic mass is 16.3. The molecule has 0 aliphatic heterocycles. The summed E-state index contributed by atoms with van der Waals surface area (Å²) in [7, 11) is 0. The standard InChI is InChI=1S/C41H79NO3/c1-3-5-6-7-8-9-10-11-12-13-14-15-16-17-18-19-20-21-22-23-24-25-26-27-28-29-30-31-32-33-34-35-36-37-40(44)39(38-43)42-41(45)4-2/h32-33,36-37,39-40,43-44H,3-31,34-35,38H2,1-2H3,(H,42,45)/b33-32+,37-36+. The van der Waals surface area contributed by atoms with E-state index in [-0.39, 0.29) is 12.5 Å². The van der Waals surface area contributed by atoms with Crippen molar-refractivity contribution in [2.24, 2.45) is 0 Å². The van der Waals surface area contributed by atoms with Crippen molar-refractivity contribution in [3.8, 4) is 0 Å². The van der Waals surface area contributed by atoms with E-state index >= 15 is 0 Å². The maximum Gasteiger partial charge on any atom is 0.220 e. The number of nitrogens with one attached hydrogen (secondary N) is 1. The van der Waals surface area contributed by atoms with Crippen molar-refractivity contribution in [1.29, 1.82) is 0 Å². The van der Waals surface area contributed by atoms with Crippen molar-refractivity contribution < 1.29 is 15.0 Å². The smallest absolute Gasteiger partial charge is 0.220 e. The molecule has 4 nitrogen and oxygen atoms in total. The number of carbonyl (C=O) groups is 1. The van der Waals surface area contributed by atoms with Gasteiger partial charge in [-0.25, -0.2) is 0 Å². The zero-order valence-corrected chi connectivity index (χ0v) is 30.4. The number of unbranched alkanes of at least 4 members (excludes halogenated alkanes) is 28.